The molecule has 5 nitrogen and oxygen atoms in total. The van der Waals surface area contributed by atoms with Crippen LogP contribution in [0.3, 0.4) is 0 Å². The van der Waals surface area contributed by atoms with Gasteiger partial charge in [0.15, 0.2) is 0 Å². The largest absolute Gasteiger partial charge is 0.348 e. The molecule has 0 radical (unpaired) electrons. The number of rotatable bonds is 7. The first-order chi connectivity index (χ1) is 15.4. The predicted octanol–water partition coefficient (Wildman–Crippen LogP) is 4.38. The van der Waals surface area contributed by atoms with Crippen LogP contribution in [0.1, 0.15) is 41.1 Å². The van der Waals surface area contributed by atoms with E-state index < -0.39 is 10.0 Å². The third-order valence-corrected chi connectivity index (χ3v) is 7.64. The molecule has 0 heterocycles. The monoisotopic (exact) mass is 448 g/mol. The standard InChI is InChI=1S/C26H28N2O3S/c1-20-9-7-14-23(17-20)32(30,31)28(18-21-10-3-2-4-11-21)19-26(29)27-25-16-8-13-22-12-5-6-15-24(22)25/h2-7,9-12,14-15,17,25H,8,13,16,18-19H2,1H3,(H,27,29). The van der Waals surface area contributed by atoms with Gasteiger partial charge in [-0.1, -0.05) is 66.7 Å². The Labute approximate surface area is 190 Å². The molecule has 0 fully saturated rings. The number of hydrogen-bond acceptors (Lipinski definition) is 3. The fourth-order valence-corrected chi connectivity index (χ4v) is 5.73. The summed E-state index contributed by atoms with van der Waals surface area (Å²) in [6.45, 7) is 1.75. The van der Waals surface area contributed by atoms with E-state index in [1.807, 2.05) is 61.5 Å². The van der Waals surface area contributed by atoms with Crippen LogP contribution in [0.2, 0.25) is 0 Å². The first-order valence-electron chi connectivity index (χ1n) is 10.9. The van der Waals surface area contributed by atoms with Gasteiger partial charge >= 0.3 is 0 Å². The van der Waals surface area contributed by atoms with Gasteiger partial charge in [-0.2, -0.15) is 4.31 Å². The van der Waals surface area contributed by atoms with Gasteiger partial charge in [0.25, 0.3) is 0 Å². The Morgan fingerprint density at radius 3 is 2.53 bits per heavy atom. The molecule has 1 aliphatic rings. The van der Waals surface area contributed by atoms with Crippen LogP contribution >= 0.6 is 0 Å². The van der Waals surface area contributed by atoms with Crippen LogP contribution in [-0.4, -0.2) is 25.2 Å². The zero-order chi connectivity index (χ0) is 22.6. The van der Waals surface area contributed by atoms with E-state index in [0.717, 1.165) is 36.0 Å². The van der Waals surface area contributed by atoms with Gasteiger partial charge < -0.3 is 5.32 Å². The summed E-state index contributed by atoms with van der Waals surface area (Å²) >= 11 is 0. The highest BCUT2D eigenvalue weighted by atomic mass is 32.2. The van der Waals surface area contributed by atoms with Gasteiger partial charge in [0.1, 0.15) is 0 Å². The molecule has 0 saturated carbocycles. The van der Waals surface area contributed by atoms with Gasteiger partial charge in [-0.15, -0.1) is 0 Å². The van der Waals surface area contributed by atoms with Crippen LogP contribution < -0.4 is 5.32 Å². The van der Waals surface area contributed by atoms with Gasteiger partial charge in [-0.3, -0.25) is 4.79 Å². The summed E-state index contributed by atoms with van der Waals surface area (Å²) in [4.78, 5) is 13.2. The van der Waals surface area contributed by atoms with Crippen molar-refractivity contribution in [3.8, 4) is 0 Å². The van der Waals surface area contributed by atoms with Crippen molar-refractivity contribution >= 4 is 15.9 Å². The Morgan fingerprint density at radius 1 is 1.00 bits per heavy atom. The number of nitrogens with zero attached hydrogens (tertiary/aromatic N) is 1. The number of aryl methyl sites for hydroxylation is 2. The number of carbonyl (C=O) groups is 1. The maximum atomic E-state index is 13.5. The quantitative estimate of drug-likeness (QED) is 0.583. The van der Waals surface area contributed by atoms with Crippen molar-refractivity contribution in [3.05, 3.63) is 101 Å². The maximum Gasteiger partial charge on any atom is 0.243 e. The second-order valence-corrected chi connectivity index (χ2v) is 10.2. The molecule has 3 aromatic rings. The molecule has 0 saturated heterocycles. The lowest BCUT2D eigenvalue weighted by molar-refractivity contribution is -0.122. The summed E-state index contributed by atoms with van der Waals surface area (Å²) in [5, 5.41) is 3.08. The fourth-order valence-electron chi connectivity index (χ4n) is 4.24. The maximum absolute atomic E-state index is 13.5. The fraction of sp³-hybridized carbons (Fsp3) is 0.269. The molecule has 166 valence electrons. The van der Waals surface area contributed by atoms with Crippen molar-refractivity contribution in [2.45, 2.75) is 43.7 Å². The molecule has 1 aliphatic carbocycles. The zero-order valence-electron chi connectivity index (χ0n) is 18.2. The van der Waals surface area contributed by atoms with Crippen molar-refractivity contribution in [2.24, 2.45) is 0 Å². The van der Waals surface area contributed by atoms with E-state index in [1.54, 1.807) is 18.2 Å². The molecule has 0 aromatic heterocycles. The summed E-state index contributed by atoms with van der Waals surface area (Å²) in [5.74, 6) is -0.293. The first kappa shape index (κ1) is 22.2. The number of amides is 1. The molecule has 1 amide bonds. The van der Waals surface area contributed by atoms with Gasteiger partial charge in [-0.25, -0.2) is 8.42 Å². The summed E-state index contributed by atoms with van der Waals surface area (Å²) < 4.78 is 28.2. The van der Waals surface area contributed by atoms with E-state index in [0.29, 0.717) is 0 Å². The molecule has 1 atom stereocenters. The number of benzene rings is 3. The van der Waals surface area contributed by atoms with Crippen LogP contribution in [0.15, 0.2) is 83.8 Å². The minimum Gasteiger partial charge on any atom is -0.348 e. The van der Waals surface area contributed by atoms with Crippen molar-refractivity contribution in [3.63, 3.8) is 0 Å². The van der Waals surface area contributed by atoms with E-state index in [9.17, 15) is 13.2 Å². The number of hydrogen-bond donors (Lipinski definition) is 1. The lowest BCUT2D eigenvalue weighted by Gasteiger charge is -2.28. The first-order valence-corrected chi connectivity index (χ1v) is 12.4. The highest BCUT2D eigenvalue weighted by molar-refractivity contribution is 7.89. The molecule has 4 rings (SSSR count). The topological polar surface area (TPSA) is 66.5 Å². The van der Waals surface area contributed by atoms with E-state index >= 15 is 0 Å². The Balaban J connectivity index is 1.57. The van der Waals surface area contributed by atoms with Crippen molar-refractivity contribution in [1.82, 2.24) is 9.62 Å². The minimum absolute atomic E-state index is 0.0901. The highest BCUT2D eigenvalue weighted by Crippen LogP contribution is 2.29. The number of sulfonamides is 1. The zero-order valence-corrected chi connectivity index (χ0v) is 19.0. The Kier molecular flexibility index (Phi) is 6.72. The second kappa shape index (κ2) is 9.67. The van der Waals surface area contributed by atoms with Crippen molar-refractivity contribution in [2.75, 3.05) is 6.54 Å². The smallest absolute Gasteiger partial charge is 0.243 e. The molecule has 0 bridgehead atoms. The second-order valence-electron chi connectivity index (χ2n) is 8.29. The molecule has 1 unspecified atom stereocenters. The van der Waals surface area contributed by atoms with Crippen LogP contribution in [0, 0.1) is 6.92 Å². The number of nitrogens with one attached hydrogen (secondary N) is 1. The lowest BCUT2D eigenvalue weighted by atomic mass is 9.88. The normalized spacial score (nSPS) is 15.9. The number of carbonyl (C=O) groups excluding carboxylic acids is 1. The van der Waals surface area contributed by atoms with Gasteiger partial charge in [0, 0.05) is 6.54 Å². The lowest BCUT2D eigenvalue weighted by Crippen LogP contribution is -2.42. The van der Waals surface area contributed by atoms with E-state index in [-0.39, 0.29) is 29.9 Å². The van der Waals surface area contributed by atoms with Gasteiger partial charge in [0.2, 0.25) is 15.9 Å². The van der Waals surface area contributed by atoms with Crippen LogP contribution in [-0.2, 0) is 27.8 Å². The van der Waals surface area contributed by atoms with Crippen LogP contribution in [0.5, 0.6) is 0 Å². The third-order valence-electron chi connectivity index (χ3n) is 5.85. The molecule has 3 aromatic carbocycles. The minimum atomic E-state index is -3.85. The molecule has 0 aliphatic heterocycles. The SMILES string of the molecule is Cc1cccc(S(=O)(=O)N(CC(=O)NC2CCCc3ccccc32)Cc2ccccc2)c1. The van der Waals surface area contributed by atoms with Crippen LogP contribution in [0.4, 0.5) is 0 Å². The third kappa shape index (κ3) is 5.09. The molecule has 6 heteroatoms. The molecule has 32 heavy (non-hydrogen) atoms. The van der Waals surface area contributed by atoms with Crippen molar-refractivity contribution in [1.29, 1.82) is 0 Å². The predicted molar refractivity (Wildman–Crippen MR) is 125 cm³/mol. The van der Waals surface area contributed by atoms with Crippen molar-refractivity contribution < 1.29 is 13.2 Å². The Bertz CT molecular complexity index is 1190. The van der Waals surface area contributed by atoms with Gasteiger partial charge in [0.05, 0.1) is 17.5 Å². The average Bonchev–Trinajstić information content (AvgIpc) is 2.79. The van der Waals surface area contributed by atoms with E-state index in [4.69, 9.17) is 0 Å². The number of fused-ring (bicyclic) bond motifs is 1. The molecular weight excluding hydrogens is 420 g/mol. The van der Waals surface area contributed by atoms with Gasteiger partial charge in [-0.05, 0) is 60.6 Å². The average molecular weight is 449 g/mol. The Hall–Kier alpha value is -2.96. The summed E-state index contributed by atoms with van der Waals surface area (Å²) in [6, 6.07) is 24.2. The summed E-state index contributed by atoms with van der Waals surface area (Å²) in [7, 11) is -3.85. The summed E-state index contributed by atoms with van der Waals surface area (Å²) in [5.41, 5.74) is 4.06. The molecular formula is C26H28N2O3S. The summed E-state index contributed by atoms with van der Waals surface area (Å²) in [6.07, 6.45) is 2.85. The van der Waals surface area contributed by atoms with E-state index in [1.165, 1.54) is 9.87 Å². The molecule has 0 spiro atoms. The molecule has 1 N–H and O–H groups in total. The highest BCUT2D eigenvalue weighted by Gasteiger charge is 2.29. The van der Waals surface area contributed by atoms with Crippen LogP contribution in [0.25, 0.3) is 0 Å². The Morgan fingerprint density at radius 2 is 1.75 bits per heavy atom. The van der Waals surface area contributed by atoms with E-state index in [2.05, 4.69) is 11.4 Å².